The van der Waals surface area contributed by atoms with Gasteiger partial charge in [0, 0.05) is 25.5 Å². The van der Waals surface area contributed by atoms with Crippen LogP contribution in [0.3, 0.4) is 0 Å². The van der Waals surface area contributed by atoms with Crippen LogP contribution in [-0.4, -0.2) is 77.1 Å². The number of hydrogen-bond donors (Lipinski definition) is 3. The highest BCUT2D eigenvalue weighted by Gasteiger charge is 2.45. The number of benzene rings is 2. The number of rotatable bonds is 5. The lowest BCUT2D eigenvalue weighted by molar-refractivity contribution is -0.152. The Balaban J connectivity index is 1.23. The quantitative estimate of drug-likeness (QED) is 0.613. The lowest BCUT2D eigenvalue weighted by Crippen LogP contribution is -2.52. The van der Waals surface area contributed by atoms with Crippen molar-refractivity contribution >= 4 is 18.0 Å². The van der Waals surface area contributed by atoms with Crippen molar-refractivity contribution in [2.24, 2.45) is 0 Å². The number of alkyl carbamates (subject to hydrolysis) is 1. The third-order valence-electron chi connectivity index (χ3n) is 6.83. The van der Waals surface area contributed by atoms with E-state index in [1.54, 1.807) is 0 Å². The van der Waals surface area contributed by atoms with Crippen LogP contribution in [0.2, 0.25) is 0 Å². The summed E-state index contributed by atoms with van der Waals surface area (Å²) in [5.74, 6) is -1.81. The van der Waals surface area contributed by atoms with E-state index >= 15 is 0 Å². The third-order valence-corrected chi connectivity index (χ3v) is 6.83. The standard InChI is InChI=1S/C25H26N2O7/c28-14-11-21(24(30)31)27(12-14)23(29)22-20(9-10-33-22)26-25(32)34-13-19-17-7-3-1-5-15(17)16-6-2-4-8-18(16)19/h1-8,14,19-22,28H,9-13H2,(H,26,32)(H,30,31)/t14-,20+,21-,22-/m1/s1. The summed E-state index contributed by atoms with van der Waals surface area (Å²) in [7, 11) is 0. The molecule has 9 nitrogen and oxygen atoms in total. The first kappa shape index (κ1) is 22.4. The summed E-state index contributed by atoms with van der Waals surface area (Å²) in [6.45, 7) is 0.317. The molecule has 0 radical (unpaired) electrons. The second-order valence-electron chi connectivity index (χ2n) is 8.89. The summed E-state index contributed by atoms with van der Waals surface area (Å²) in [4.78, 5) is 38.2. The zero-order chi connectivity index (χ0) is 23.8. The van der Waals surface area contributed by atoms with Gasteiger partial charge < -0.3 is 29.9 Å². The third kappa shape index (κ3) is 4.01. The Hall–Kier alpha value is -3.43. The van der Waals surface area contributed by atoms with Gasteiger partial charge in [0.1, 0.15) is 12.6 Å². The van der Waals surface area contributed by atoms with Crippen LogP contribution in [0.4, 0.5) is 4.79 Å². The number of fused-ring (bicyclic) bond motifs is 3. The Morgan fingerprint density at radius 2 is 1.71 bits per heavy atom. The number of amides is 2. The SMILES string of the molecule is O=C(N[C@H]1CCO[C@H]1C(=O)N1C[C@H](O)C[C@@H]1C(=O)O)OCC1c2ccccc2-c2ccccc21. The van der Waals surface area contributed by atoms with Gasteiger partial charge in [-0.1, -0.05) is 48.5 Å². The average Bonchev–Trinajstić information content (AvgIpc) is 3.53. The predicted molar refractivity (Wildman–Crippen MR) is 120 cm³/mol. The van der Waals surface area contributed by atoms with Gasteiger partial charge in [-0.2, -0.15) is 0 Å². The van der Waals surface area contributed by atoms with Gasteiger partial charge >= 0.3 is 12.1 Å². The normalized spacial score (nSPS) is 25.6. The van der Waals surface area contributed by atoms with Crippen molar-refractivity contribution in [1.82, 2.24) is 10.2 Å². The van der Waals surface area contributed by atoms with Crippen molar-refractivity contribution in [3.05, 3.63) is 59.7 Å². The Bertz CT molecular complexity index is 1070. The maximum atomic E-state index is 13.0. The van der Waals surface area contributed by atoms with E-state index in [2.05, 4.69) is 17.4 Å². The number of nitrogens with one attached hydrogen (secondary N) is 1. The van der Waals surface area contributed by atoms with Crippen molar-refractivity contribution in [1.29, 1.82) is 0 Å². The monoisotopic (exact) mass is 466 g/mol. The number of β-amino-alcohol motifs (C(OH)–C–C–N with tert-alkyl or cyclic N) is 1. The summed E-state index contributed by atoms with van der Waals surface area (Å²) in [6, 6.07) is 14.3. The molecule has 2 amide bonds. The van der Waals surface area contributed by atoms with Gasteiger partial charge in [0.25, 0.3) is 5.91 Å². The molecule has 2 fully saturated rings. The van der Waals surface area contributed by atoms with E-state index < -0.39 is 42.3 Å². The summed E-state index contributed by atoms with van der Waals surface area (Å²) in [6.07, 6.45) is -2.22. The van der Waals surface area contributed by atoms with Crippen LogP contribution in [0.5, 0.6) is 0 Å². The second-order valence-corrected chi connectivity index (χ2v) is 8.89. The Morgan fingerprint density at radius 1 is 1.06 bits per heavy atom. The van der Waals surface area contributed by atoms with Crippen molar-refractivity contribution in [2.45, 2.75) is 43.1 Å². The number of carboxylic acids is 1. The number of hydrogen-bond acceptors (Lipinski definition) is 6. The zero-order valence-electron chi connectivity index (χ0n) is 18.4. The van der Waals surface area contributed by atoms with E-state index in [9.17, 15) is 24.6 Å². The van der Waals surface area contributed by atoms with Crippen LogP contribution >= 0.6 is 0 Å². The first-order chi connectivity index (χ1) is 16.4. The van der Waals surface area contributed by atoms with Crippen LogP contribution in [0.25, 0.3) is 11.1 Å². The molecule has 4 atom stereocenters. The van der Waals surface area contributed by atoms with Gasteiger partial charge in [-0.15, -0.1) is 0 Å². The smallest absolute Gasteiger partial charge is 0.407 e. The van der Waals surface area contributed by atoms with Gasteiger partial charge in [-0.25, -0.2) is 9.59 Å². The summed E-state index contributed by atoms with van der Waals surface area (Å²) in [5.41, 5.74) is 4.45. The Labute approximate surface area is 196 Å². The maximum absolute atomic E-state index is 13.0. The lowest BCUT2D eigenvalue weighted by atomic mass is 9.98. The number of likely N-dealkylation sites (tertiary alicyclic amines) is 1. The van der Waals surface area contributed by atoms with Crippen molar-refractivity contribution in [3.8, 4) is 11.1 Å². The number of carboxylic acid groups (broad SMARTS) is 1. The van der Waals surface area contributed by atoms with Crippen LogP contribution in [-0.2, 0) is 19.1 Å². The molecule has 3 N–H and O–H groups in total. The Kier molecular flexibility index (Phi) is 5.97. The largest absolute Gasteiger partial charge is 0.480 e. The molecule has 0 bridgehead atoms. The lowest BCUT2D eigenvalue weighted by Gasteiger charge is -2.27. The number of aliphatic carboxylic acids is 1. The van der Waals surface area contributed by atoms with Crippen molar-refractivity contribution < 1.29 is 34.1 Å². The minimum absolute atomic E-state index is 0.0295. The van der Waals surface area contributed by atoms with E-state index in [0.717, 1.165) is 27.2 Å². The number of aliphatic hydroxyl groups is 1. The molecule has 0 spiro atoms. The Morgan fingerprint density at radius 3 is 2.35 bits per heavy atom. The molecular weight excluding hydrogens is 440 g/mol. The van der Waals surface area contributed by atoms with Gasteiger partial charge in [-0.05, 0) is 28.7 Å². The van der Waals surface area contributed by atoms with E-state index in [1.165, 1.54) is 0 Å². The fraction of sp³-hybridized carbons (Fsp3) is 0.400. The molecule has 2 aliphatic heterocycles. The maximum Gasteiger partial charge on any atom is 0.407 e. The van der Waals surface area contributed by atoms with Gasteiger partial charge in [-0.3, -0.25) is 4.79 Å². The van der Waals surface area contributed by atoms with Crippen molar-refractivity contribution in [3.63, 3.8) is 0 Å². The molecule has 2 heterocycles. The van der Waals surface area contributed by atoms with Crippen LogP contribution in [0.1, 0.15) is 29.9 Å². The van der Waals surface area contributed by atoms with E-state index in [-0.39, 0.29) is 32.1 Å². The molecule has 5 rings (SSSR count). The van der Waals surface area contributed by atoms with E-state index in [0.29, 0.717) is 6.42 Å². The number of carbonyl (C=O) groups excluding carboxylic acids is 2. The molecule has 2 aromatic carbocycles. The minimum atomic E-state index is -1.18. The first-order valence-corrected chi connectivity index (χ1v) is 11.4. The molecule has 0 aromatic heterocycles. The minimum Gasteiger partial charge on any atom is -0.480 e. The molecule has 0 saturated carbocycles. The molecule has 2 aromatic rings. The molecule has 9 heteroatoms. The second kappa shape index (κ2) is 9.08. The van der Waals surface area contributed by atoms with E-state index in [4.69, 9.17) is 9.47 Å². The van der Waals surface area contributed by atoms with Gasteiger partial charge in [0.2, 0.25) is 0 Å². The topological polar surface area (TPSA) is 125 Å². The highest BCUT2D eigenvalue weighted by molar-refractivity contribution is 5.88. The first-order valence-electron chi connectivity index (χ1n) is 11.4. The average molecular weight is 466 g/mol. The molecule has 3 aliphatic rings. The van der Waals surface area contributed by atoms with Crippen LogP contribution in [0.15, 0.2) is 48.5 Å². The van der Waals surface area contributed by atoms with E-state index in [1.807, 2.05) is 36.4 Å². The molecule has 34 heavy (non-hydrogen) atoms. The molecule has 0 unspecified atom stereocenters. The summed E-state index contributed by atoms with van der Waals surface area (Å²) >= 11 is 0. The zero-order valence-corrected chi connectivity index (χ0v) is 18.4. The highest BCUT2D eigenvalue weighted by Crippen LogP contribution is 2.44. The molecule has 2 saturated heterocycles. The fourth-order valence-corrected chi connectivity index (χ4v) is 5.23. The van der Waals surface area contributed by atoms with Gasteiger partial charge in [0.05, 0.1) is 12.1 Å². The van der Waals surface area contributed by atoms with Crippen LogP contribution < -0.4 is 5.32 Å². The number of ether oxygens (including phenoxy) is 2. The number of nitrogens with zero attached hydrogens (tertiary/aromatic N) is 1. The fourth-order valence-electron chi connectivity index (χ4n) is 5.23. The summed E-state index contributed by atoms with van der Waals surface area (Å²) < 4.78 is 11.1. The molecule has 178 valence electrons. The molecule has 1 aliphatic carbocycles. The van der Waals surface area contributed by atoms with Crippen LogP contribution in [0, 0.1) is 0 Å². The molecular formula is C25H26N2O7. The number of carbonyl (C=O) groups is 3. The highest BCUT2D eigenvalue weighted by atomic mass is 16.6. The number of aliphatic hydroxyl groups excluding tert-OH is 1. The predicted octanol–water partition coefficient (Wildman–Crippen LogP) is 1.73. The van der Waals surface area contributed by atoms with Crippen molar-refractivity contribution in [2.75, 3.05) is 19.8 Å². The van der Waals surface area contributed by atoms with Gasteiger partial charge in [0.15, 0.2) is 6.10 Å². The summed E-state index contributed by atoms with van der Waals surface area (Å²) in [5, 5.41) is 21.9.